The lowest BCUT2D eigenvalue weighted by molar-refractivity contribution is 0.544. The third-order valence-electron chi connectivity index (χ3n) is 1.66. The molecule has 0 rings (SSSR count). The summed E-state index contributed by atoms with van der Waals surface area (Å²) in [6, 6.07) is 0. The van der Waals surface area contributed by atoms with Gasteiger partial charge in [-0.3, -0.25) is 0 Å². The maximum Gasteiger partial charge on any atom is -0.0127 e. The average molecular weight is 166 g/mol. The van der Waals surface area contributed by atoms with E-state index in [9.17, 15) is 0 Å². The van der Waals surface area contributed by atoms with Crippen LogP contribution in [0.3, 0.4) is 0 Å². The molecule has 0 atom stereocenters. The van der Waals surface area contributed by atoms with E-state index in [1.807, 2.05) is 0 Å². The molecule has 0 saturated carbocycles. The van der Waals surface area contributed by atoms with Gasteiger partial charge in [0.2, 0.25) is 0 Å². The summed E-state index contributed by atoms with van der Waals surface area (Å²) in [4.78, 5) is 0. The van der Waals surface area contributed by atoms with Crippen LogP contribution in [0.1, 0.15) is 53.9 Å². The van der Waals surface area contributed by atoms with E-state index in [1.165, 1.54) is 24.8 Å². The molecule has 0 fully saturated rings. The molecule has 0 unspecified atom stereocenters. The highest BCUT2D eigenvalue weighted by molar-refractivity contribution is 5.01. The normalized spacial score (nSPS) is 10.8. The van der Waals surface area contributed by atoms with Gasteiger partial charge in [-0.1, -0.05) is 34.1 Å². The van der Waals surface area contributed by atoms with Crippen molar-refractivity contribution in [1.29, 1.82) is 0 Å². The zero-order chi connectivity index (χ0) is 9.61. The highest BCUT2D eigenvalue weighted by Crippen LogP contribution is 2.14. The lowest BCUT2D eigenvalue weighted by Crippen LogP contribution is -1.97. The summed E-state index contributed by atoms with van der Waals surface area (Å²) in [5, 5.41) is 0. The van der Waals surface area contributed by atoms with Gasteiger partial charge in [-0.25, -0.2) is 0 Å². The summed E-state index contributed by atoms with van der Waals surface area (Å²) < 4.78 is 0. The minimum atomic E-state index is 0.271. The molecule has 70 valence electrons. The molecule has 0 aliphatic rings. The molecule has 12 heavy (non-hydrogen) atoms. The van der Waals surface area contributed by atoms with E-state index in [0.717, 1.165) is 0 Å². The van der Waals surface area contributed by atoms with Gasteiger partial charge in [-0.15, -0.1) is 5.73 Å². The average Bonchev–Trinajstić information content (AvgIpc) is 1.95. The van der Waals surface area contributed by atoms with Crippen molar-refractivity contribution in [2.24, 2.45) is 5.41 Å². The van der Waals surface area contributed by atoms with Gasteiger partial charge in [0, 0.05) is 0 Å². The number of rotatable bonds is 3. The van der Waals surface area contributed by atoms with Crippen molar-refractivity contribution in [3.05, 3.63) is 17.4 Å². The Balaban J connectivity index is 4.06. The van der Waals surface area contributed by atoms with Crippen LogP contribution in [0.2, 0.25) is 0 Å². The molecule has 0 saturated heterocycles. The Labute approximate surface area is 77.4 Å². The van der Waals surface area contributed by atoms with Crippen molar-refractivity contribution < 1.29 is 0 Å². The second-order valence-electron chi connectivity index (χ2n) is 4.54. The Morgan fingerprint density at radius 3 is 2.33 bits per heavy atom. The summed E-state index contributed by atoms with van der Waals surface area (Å²) in [5.41, 5.74) is 5.00. The largest absolute Gasteiger partial charge is 0.126 e. The minimum Gasteiger partial charge on any atom is -0.126 e. The van der Waals surface area contributed by atoms with Crippen LogP contribution in [0.15, 0.2) is 17.4 Å². The van der Waals surface area contributed by atoms with Crippen molar-refractivity contribution >= 4 is 0 Å². The van der Waals surface area contributed by atoms with Crippen molar-refractivity contribution in [1.82, 2.24) is 0 Å². The molecule has 0 N–H and O–H groups in total. The first-order valence-electron chi connectivity index (χ1n) is 4.89. The van der Waals surface area contributed by atoms with Crippen LogP contribution < -0.4 is 0 Å². The van der Waals surface area contributed by atoms with Crippen molar-refractivity contribution in [3.8, 4) is 0 Å². The van der Waals surface area contributed by atoms with Gasteiger partial charge in [-0.2, -0.15) is 0 Å². The topological polar surface area (TPSA) is 0 Å². The molecule has 0 amide bonds. The van der Waals surface area contributed by atoms with Crippen molar-refractivity contribution in [2.75, 3.05) is 0 Å². The molecule has 0 heteroatoms. The molecule has 0 aromatic heterocycles. The fourth-order valence-electron chi connectivity index (χ4n) is 0.854. The quantitative estimate of drug-likeness (QED) is 0.548. The molecule has 0 nitrogen and oxygen atoms in total. The second kappa shape index (κ2) is 5.22. The Morgan fingerprint density at radius 1 is 1.33 bits per heavy atom. The molecule has 0 aliphatic heterocycles. The van der Waals surface area contributed by atoms with Crippen LogP contribution in [0.4, 0.5) is 0 Å². The number of unbranched alkanes of at least 4 members (excludes halogenated alkanes) is 1. The number of hydrogen-bond donors (Lipinski definition) is 0. The van der Waals surface area contributed by atoms with E-state index < -0.39 is 0 Å². The van der Waals surface area contributed by atoms with E-state index in [4.69, 9.17) is 0 Å². The van der Waals surface area contributed by atoms with E-state index in [1.54, 1.807) is 0 Å². The molecule has 0 heterocycles. The number of hydrogen-bond acceptors (Lipinski definition) is 0. The van der Waals surface area contributed by atoms with Gasteiger partial charge >= 0.3 is 0 Å². The predicted octanol–water partition coefficient (Wildman–Crippen LogP) is 4.32. The van der Waals surface area contributed by atoms with E-state index in [0.29, 0.717) is 0 Å². The zero-order valence-electron chi connectivity index (χ0n) is 9.20. The molecule has 0 aromatic carbocycles. The SMILES string of the molecule is CCCCC(C)=C=CC(C)(C)C. The smallest absolute Gasteiger partial charge is 0.0127 e. The van der Waals surface area contributed by atoms with Crippen LogP contribution in [0.25, 0.3) is 0 Å². The first-order valence-corrected chi connectivity index (χ1v) is 4.89. The monoisotopic (exact) mass is 166 g/mol. The van der Waals surface area contributed by atoms with E-state index in [-0.39, 0.29) is 5.41 Å². The molecular formula is C12H22. The van der Waals surface area contributed by atoms with Gasteiger partial charge in [0.1, 0.15) is 0 Å². The lowest BCUT2D eigenvalue weighted by Gasteiger charge is -2.08. The van der Waals surface area contributed by atoms with Crippen LogP contribution in [0, 0.1) is 5.41 Å². The predicted molar refractivity (Wildman–Crippen MR) is 56.3 cm³/mol. The second-order valence-corrected chi connectivity index (χ2v) is 4.54. The zero-order valence-corrected chi connectivity index (χ0v) is 9.20. The summed E-state index contributed by atoms with van der Waals surface area (Å²) in [6.45, 7) is 11.0. The summed E-state index contributed by atoms with van der Waals surface area (Å²) in [6.07, 6.45) is 5.92. The Bertz CT molecular complexity index is 173. The van der Waals surface area contributed by atoms with Crippen LogP contribution in [-0.2, 0) is 0 Å². The van der Waals surface area contributed by atoms with E-state index in [2.05, 4.69) is 46.4 Å². The van der Waals surface area contributed by atoms with Gasteiger partial charge in [-0.05, 0) is 36.8 Å². The highest BCUT2D eigenvalue weighted by atomic mass is 14.1. The van der Waals surface area contributed by atoms with Gasteiger partial charge < -0.3 is 0 Å². The maximum atomic E-state index is 3.35. The third-order valence-corrected chi connectivity index (χ3v) is 1.66. The Morgan fingerprint density at radius 2 is 1.92 bits per heavy atom. The summed E-state index contributed by atoms with van der Waals surface area (Å²) in [7, 11) is 0. The maximum absolute atomic E-state index is 3.35. The van der Waals surface area contributed by atoms with Gasteiger partial charge in [0.25, 0.3) is 0 Å². The lowest BCUT2D eigenvalue weighted by atomic mass is 9.96. The molecule has 0 bridgehead atoms. The van der Waals surface area contributed by atoms with Gasteiger partial charge in [0.15, 0.2) is 0 Å². The molecule has 0 spiro atoms. The Kier molecular flexibility index (Phi) is 5.01. The molecule has 0 radical (unpaired) electrons. The van der Waals surface area contributed by atoms with Crippen LogP contribution in [0.5, 0.6) is 0 Å². The summed E-state index contributed by atoms with van der Waals surface area (Å²) >= 11 is 0. The fraction of sp³-hybridized carbons (Fsp3) is 0.750. The van der Waals surface area contributed by atoms with Gasteiger partial charge in [0.05, 0.1) is 0 Å². The first kappa shape index (κ1) is 11.5. The Hall–Kier alpha value is -0.480. The molecule has 0 aromatic rings. The van der Waals surface area contributed by atoms with Crippen molar-refractivity contribution in [2.45, 2.75) is 53.9 Å². The minimum absolute atomic E-state index is 0.271. The van der Waals surface area contributed by atoms with Crippen LogP contribution in [-0.4, -0.2) is 0 Å². The summed E-state index contributed by atoms with van der Waals surface area (Å²) in [5.74, 6) is 0. The van der Waals surface area contributed by atoms with E-state index >= 15 is 0 Å². The standard InChI is InChI=1S/C12H22/c1-6-7-8-11(2)9-10-12(3,4)5/h10H,6-8H2,1-5H3. The highest BCUT2D eigenvalue weighted by Gasteiger charge is 2.02. The molecular weight excluding hydrogens is 144 g/mol. The third kappa shape index (κ3) is 7.63. The first-order chi connectivity index (χ1) is 5.45. The van der Waals surface area contributed by atoms with Crippen LogP contribution >= 0.6 is 0 Å². The fourth-order valence-corrected chi connectivity index (χ4v) is 0.854. The number of allylic oxidation sites excluding steroid dienone is 1. The van der Waals surface area contributed by atoms with Crippen molar-refractivity contribution in [3.63, 3.8) is 0 Å². The molecule has 0 aliphatic carbocycles.